The van der Waals surface area contributed by atoms with E-state index in [0.717, 1.165) is 44.5 Å². The first-order valence-electron chi connectivity index (χ1n) is 9.75. The fourth-order valence-electron chi connectivity index (χ4n) is 3.54. The number of carbonyl (C=O) groups is 1. The van der Waals surface area contributed by atoms with Gasteiger partial charge in [0.25, 0.3) is 5.91 Å². The van der Waals surface area contributed by atoms with E-state index in [1.165, 1.54) is 23.2 Å². The molecule has 2 aliphatic rings. The van der Waals surface area contributed by atoms with Crippen LogP contribution in [-0.4, -0.2) is 62.3 Å². The van der Waals surface area contributed by atoms with Gasteiger partial charge in [-0.05, 0) is 50.4 Å². The van der Waals surface area contributed by atoms with Gasteiger partial charge in [-0.25, -0.2) is 12.8 Å². The summed E-state index contributed by atoms with van der Waals surface area (Å²) < 4.78 is 41.1. The molecule has 0 bridgehead atoms. The molecular formula is C19H28FN3O3S. The molecule has 1 aromatic carbocycles. The molecule has 0 radical (unpaired) electrons. The summed E-state index contributed by atoms with van der Waals surface area (Å²) in [5, 5.41) is 2.81. The third-order valence-corrected chi connectivity index (χ3v) is 7.19. The number of piperidine rings is 1. The Morgan fingerprint density at radius 2 is 1.96 bits per heavy atom. The van der Waals surface area contributed by atoms with Crippen LogP contribution in [0.25, 0.3) is 0 Å². The standard InChI is InChI=1S/C19H28FN3O3S/c1-2-22(16-7-8-16)13-10-21-19(24)15-6-9-17(20)18(14-15)27(25,26)23-11-4-3-5-12-23/h6,9,14,16H,2-5,7-8,10-13H2,1H3,(H,21,24). The molecule has 8 heteroatoms. The van der Waals surface area contributed by atoms with Gasteiger partial charge in [0.15, 0.2) is 0 Å². The zero-order valence-corrected chi connectivity index (χ0v) is 16.6. The summed E-state index contributed by atoms with van der Waals surface area (Å²) >= 11 is 0. The quantitative estimate of drug-likeness (QED) is 0.730. The van der Waals surface area contributed by atoms with Crippen LogP contribution in [0.2, 0.25) is 0 Å². The third kappa shape index (κ3) is 4.86. The lowest BCUT2D eigenvalue weighted by Crippen LogP contribution is -2.37. The van der Waals surface area contributed by atoms with Gasteiger partial charge in [-0.15, -0.1) is 0 Å². The second kappa shape index (κ2) is 8.67. The van der Waals surface area contributed by atoms with E-state index >= 15 is 0 Å². The number of nitrogens with one attached hydrogen (secondary N) is 1. The van der Waals surface area contributed by atoms with Crippen molar-refractivity contribution in [2.75, 3.05) is 32.7 Å². The summed E-state index contributed by atoms with van der Waals surface area (Å²) in [4.78, 5) is 14.3. The Morgan fingerprint density at radius 3 is 2.59 bits per heavy atom. The van der Waals surface area contributed by atoms with E-state index in [1.54, 1.807) is 0 Å². The fourth-order valence-corrected chi connectivity index (χ4v) is 5.15. The minimum atomic E-state index is -3.92. The Bertz CT molecular complexity index is 774. The molecule has 0 spiro atoms. The minimum absolute atomic E-state index is 0.168. The van der Waals surface area contributed by atoms with E-state index in [-0.39, 0.29) is 11.5 Å². The molecule has 1 amide bonds. The third-order valence-electron chi connectivity index (χ3n) is 5.28. The average Bonchev–Trinajstić information content (AvgIpc) is 3.51. The summed E-state index contributed by atoms with van der Waals surface area (Å²) in [6, 6.07) is 4.18. The zero-order valence-electron chi connectivity index (χ0n) is 15.8. The van der Waals surface area contributed by atoms with Crippen LogP contribution in [-0.2, 0) is 10.0 Å². The maximum atomic E-state index is 14.2. The van der Waals surface area contributed by atoms with Gasteiger partial charge < -0.3 is 5.32 Å². The van der Waals surface area contributed by atoms with E-state index in [2.05, 4.69) is 17.1 Å². The molecule has 1 saturated heterocycles. The highest BCUT2D eigenvalue weighted by atomic mass is 32.2. The van der Waals surface area contributed by atoms with Crippen LogP contribution in [0.1, 0.15) is 49.4 Å². The zero-order chi connectivity index (χ0) is 19.4. The first-order valence-corrected chi connectivity index (χ1v) is 11.2. The van der Waals surface area contributed by atoms with Gasteiger partial charge in [0.2, 0.25) is 10.0 Å². The first kappa shape index (κ1) is 20.2. The van der Waals surface area contributed by atoms with Crippen molar-refractivity contribution in [2.24, 2.45) is 0 Å². The molecular weight excluding hydrogens is 369 g/mol. The number of hydrogen-bond acceptors (Lipinski definition) is 4. The topological polar surface area (TPSA) is 69.7 Å². The molecule has 1 N–H and O–H groups in total. The van der Waals surface area contributed by atoms with Crippen LogP contribution in [0, 0.1) is 5.82 Å². The largest absolute Gasteiger partial charge is 0.351 e. The summed E-state index contributed by atoms with van der Waals surface area (Å²) in [5.41, 5.74) is 0.168. The van der Waals surface area contributed by atoms with Crippen molar-refractivity contribution in [1.29, 1.82) is 0 Å². The van der Waals surface area contributed by atoms with Crippen LogP contribution >= 0.6 is 0 Å². The maximum Gasteiger partial charge on any atom is 0.251 e. The smallest absolute Gasteiger partial charge is 0.251 e. The van der Waals surface area contributed by atoms with Crippen LogP contribution in [0.15, 0.2) is 23.1 Å². The van der Waals surface area contributed by atoms with Gasteiger partial charge in [-0.2, -0.15) is 4.31 Å². The van der Waals surface area contributed by atoms with E-state index in [0.29, 0.717) is 25.7 Å². The lowest BCUT2D eigenvalue weighted by atomic mass is 10.2. The van der Waals surface area contributed by atoms with Crippen LogP contribution in [0.5, 0.6) is 0 Å². The highest BCUT2D eigenvalue weighted by Crippen LogP contribution is 2.26. The van der Waals surface area contributed by atoms with Gasteiger partial charge in [0.1, 0.15) is 10.7 Å². The highest BCUT2D eigenvalue weighted by molar-refractivity contribution is 7.89. The first-order chi connectivity index (χ1) is 12.9. The van der Waals surface area contributed by atoms with Crippen molar-refractivity contribution in [2.45, 2.75) is 50.0 Å². The number of amides is 1. The molecule has 0 atom stereocenters. The number of nitrogens with zero attached hydrogens (tertiary/aromatic N) is 2. The van der Waals surface area contributed by atoms with E-state index in [9.17, 15) is 17.6 Å². The van der Waals surface area contributed by atoms with Gasteiger partial charge in [-0.3, -0.25) is 9.69 Å². The van der Waals surface area contributed by atoms with Crippen molar-refractivity contribution in [3.63, 3.8) is 0 Å². The predicted octanol–water partition coefficient (Wildman–Crippen LogP) is 2.21. The lowest BCUT2D eigenvalue weighted by molar-refractivity contribution is 0.0947. The number of sulfonamides is 1. The van der Waals surface area contributed by atoms with E-state index in [1.807, 2.05) is 0 Å². The van der Waals surface area contributed by atoms with Crippen LogP contribution in [0.3, 0.4) is 0 Å². The molecule has 3 rings (SSSR count). The number of hydrogen-bond donors (Lipinski definition) is 1. The summed E-state index contributed by atoms with van der Waals surface area (Å²) in [6.07, 6.45) is 4.94. The molecule has 27 heavy (non-hydrogen) atoms. The number of carbonyl (C=O) groups excluding carboxylic acids is 1. The SMILES string of the molecule is CCN(CCNC(=O)c1ccc(F)c(S(=O)(=O)N2CCCCC2)c1)C1CC1. The summed E-state index contributed by atoms with van der Waals surface area (Å²) in [5.74, 6) is -1.19. The molecule has 1 aliphatic carbocycles. The van der Waals surface area contributed by atoms with E-state index < -0.39 is 20.7 Å². The van der Waals surface area contributed by atoms with Gasteiger partial charge >= 0.3 is 0 Å². The predicted molar refractivity (Wildman–Crippen MR) is 102 cm³/mol. The Hall–Kier alpha value is -1.51. The second-order valence-electron chi connectivity index (χ2n) is 7.23. The number of benzene rings is 1. The number of halogens is 1. The van der Waals surface area contributed by atoms with Crippen LogP contribution in [0.4, 0.5) is 4.39 Å². The lowest BCUT2D eigenvalue weighted by Gasteiger charge is -2.26. The molecule has 2 fully saturated rings. The molecule has 150 valence electrons. The van der Waals surface area contributed by atoms with Gasteiger partial charge in [0.05, 0.1) is 0 Å². The second-order valence-corrected chi connectivity index (χ2v) is 9.13. The Labute approximate surface area is 160 Å². The van der Waals surface area contributed by atoms with Crippen molar-refractivity contribution < 1.29 is 17.6 Å². The van der Waals surface area contributed by atoms with Crippen molar-refractivity contribution >= 4 is 15.9 Å². The monoisotopic (exact) mass is 397 g/mol. The van der Waals surface area contributed by atoms with Gasteiger partial charge in [0, 0.05) is 37.8 Å². The highest BCUT2D eigenvalue weighted by Gasteiger charge is 2.30. The Kier molecular flexibility index (Phi) is 6.49. The molecule has 1 saturated carbocycles. The molecule has 1 aromatic rings. The maximum absolute atomic E-state index is 14.2. The van der Waals surface area contributed by atoms with Gasteiger partial charge in [-0.1, -0.05) is 13.3 Å². The van der Waals surface area contributed by atoms with E-state index in [4.69, 9.17) is 0 Å². The molecule has 0 aromatic heterocycles. The van der Waals surface area contributed by atoms with Crippen molar-refractivity contribution in [1.82, 2.24) is 14.5 Å². The molecule has 6 nitrogen and oxygen atoms in total. The van der Waals surface area contributed by atoms with Crippen LogP contribution < -0.4 is 5.32 Å². The Balaban J connectivity index is 1.67. The van der Waals surface area contributed by atoms with Crippen molar-refractivity contribution in [3.8, 4) is 0 Å². The number of rotatable bonds is 8. The Morgan fingerprint density at radius 1 is 1.26 bits per heavy atom. The summed E-state index contributed by atoms with van der Waals surface area (Å²) in [7, 11) is -3.92. The minimum Gasteiger partial charge on any atom is -0.351 e. The molecule has 0 unspecified atom stereocenters. The molecule has 1 aliphatic heterocycles. The van der Waals surface area contributed by atoms with Crippen molar-refractivity contribution in [3.05, 3.63) is 29.6 Å². The molecule has 1 heterocycles. The average molecular weight is 398 g/mol. The number of likely N-dealkylation sites (N-methyl/N-ethyl adjacent to an activating group) is 1. The fraction of sp³-hybridized carbons (Fsp3) is 0.632. The normalized spacial score (nSPS) is 18.6. The summed E-state index contributed by atoms with van der Waals surface area (Å²) in [6.45, 7) is 5.06.